The first-order valence-electron chi connectivity index (χ1n) is 5.97. The van der Waals surface area contributed by atoms with Crippen LogP contribution in [0.2, 0.25) is 5.02 Å². The predicted octanol–water partition coefficient (Wildman–Crippen LogP) is 1.21. The fourth-order valence-corrected chi connectivity index (χ4v) is 3.71. The van der Waals surface area contributed by atoms with Crippen molar-refractivity contribution in [2.45, 2.75) is 4.90 Å². The number of benzene rings is 1. The largest absolute Gasteiger partial charge is 0.398 e. The highest BCUT2D eigenvalue weighted by Gasteiger charge is 2.28. The van der Waals surface area contributed by atoms with Crippen LogP contribution in [0.5, 0.6) is 0 Å². The maximum Gasteiger partial charge on any atom is 0.246 e. The minimum atomic E-state index is -3.79. The Hall–Kier alpha value is -0.860. The topological polar surface area (TPSA) is 81.9 Å². The monoisotopic (exact) mass is 322 g/mol. The van der Waals surface area contributed by atoms with E-state index in [1.807, 2.05) is 0 Å². The molecule has 114 valence electrons. The molecule has 1 rings (SSSR count). The molecule has 0 aliphatic rings. The number of rotatable bonds is 8. The van der Waals surface area contributed by atoms with Gasteiger partial charge in [0.15, 0.2) is 0 Å². The van der Waals surface area contributed by atoms with Crippen molar-refractivity contribution in [3.8, 4) is 0 Å². The van der Waals surface area contributed by atoms with Gasteiger partial charge in [-0.3, -0.25) is 0 Å². The number of nitrogen functional groups attached to an aromatic ring is 1. The third kappa shape index (κ3) is 4.07. The molecule has 1 aromatic rings. The number of anilines is 1. The summed E-state index contributed by atoms with van der Waals surface area (Å²) in [6.45, 7) is 0.945. The second-order valence-corrected chi connectivity index (χ2v) is 6.33. The van der Waals surface area contributed by atoms with E-state index in [9.17, 15) is 8.42 Å². The third-order valence-electron chi connectivity index (χ3n) is 2.68. The van der Waals surface area contributed by atoms with Crippen LogP contribution in [0, 0.1) is 0 Å². The minimum Gasteiger partial charge on any atom is -0.398 e. The normalized spacial score (nSPS) is 12.0. The number of hydrogen-bond acceptors (Lipinski definition) is 5. The molecule has 0 saturated heterocycles. The van der Waals surface area contributed by atoms with Gasteiger partial charge in [-0.2, -0.15) is 4.31 Å². The average Bonchev–Trinajstić information content (AvgIpc) is 2.38. The molecule has 0 unspecified atom stereocenters. The lowest BCUT2D eigenvalue weighted by Gasteiger charge is -2.22. The molecule has 0 amide bonds. The molecule has 0 aliphatic carbocycles. The molecule has 0 atom stereocenters. The SMILES string of the molecule is COCCN(CCOC)S(=O)(=O)c1c(N)cccc1Cl. The molecular formula is C12H19ClN2O4S. The van der Waals surface area contributed by atoms with Crippen LogP contribution in [0.1, 0.15) is 0 Å². The molecule has 0 heterocycles. The molecule has 20 heavy (non-hydrogen) atoms. The van der Waals surface area contributed by atoms with E-state index in [0.29, 0.717) is 0 Å². The molecule has 0 fully saturated rings. The fourth-order valence-electron chi connectivity index (χ4n) is 1.67. The molecule has 6 nitrogen and oxygen atoms in total. The van der Waals surface area contributed by atoms with Gasteiger partial charge in [0.25, 0.3) is 0 Å². The Morgan fingerprint density at radius 3 is 2.20 bits per heavy atom. The summed E-state index contributed by atoms with van der Waals surface area (Å²) in [5.74, 6) is 0. The smallest absolute Gasteiger partial charge is 0.246 e. The van der Waals surface area contributed by atoms with Gasteiger partial charge in [-0.05, 0) is 12.1 Å². The van der Waals surface area contributed by atoms with E-state index in [2.05, 4.69) is 0 Å². The zero-order valence-electron chi connectivity index (χ0n) is 11.5. The average molecular weight is 323 g/mol. The van der Waals surface area contributed by atoms with Crippen LogP contribution in [0.3, 0.4) is 0 Å². The Morgan fingerprint density at radius 1 is 1.20 bits per heavy atom. The lowest BCUT2D eigenvalue weighted by molar-refractivity contribution is 0.150. The highest BCUT2D eigenvalue weighted by Crippen LogP contribution is 2.29. The zero-order chi connectivity index (χ0) is 15.2. The van der Waals surface area contributed by atoms with Crippen molar-refractivity contribution in [2.24, 2.45) is 0 Å². The second kappa shape index (κ2) is 7.80. The number of halogens is 1. The van der Waals surface area contributed by atoms with Gasteiger partial charge in [0.2, 0.25) is 10.0 Å². The molecule has 0 spiro atoms. The summed E-state index contributed by atoms with van der Waals surface area (Å²) < 4.78 is 36.4. The molecule has 0 aromatic heterocycles. The summed E-state index contributed by atoms with van der Waals surface area (Å²) in [6.07, 6.45) is 0. The quantitative estimate of drug-likeness (QED) is 0.727. The van der Waals surface area contributed by atoms with Gasteiger partial charge in [-0.15, -0.1) is 0 Å². The zero-order valence-corrected chi connectivity index (χ0v) is 13.1. The summed E-state index contributed by atoms with van der Waals surface area (Å²) in [5, 5.41) is 0.102. The number of hydrogen-bond donors (Lipinski definition) is 1. The van der Waals surface area contributed by atoms with Crippen molar-refractivity contribution in [1.29, 1.82) is 0 Å². The Labute approximate surface area is 124 Å². The van der Waals surface area contributed by atoms with Gasteiger partial charge < -0.3 is 15.2 Å². The fraction of sp³-hybridized carbons (Fsp3) is 0.500. The highest BCUT2D eigenvalue weighted by molar-refractivity contribution is 7.89. The van der Waals surface area contributed by atoms with Crippen LogP contribution < -0.4 is 5.73 Å². The summed E-state index contributed by atoms with van der Waals surface area (Å²) in [4.78, 5) is -0.0751. The van der Waals surface area contributed by atoms with Crippen molar-refractivity contribution >= 4 is 27.3 Å². The van der Waals surface area contributed by atoms with E-state index in [-0.39, 0.29) is 41.9 Å². The Bertz CT molecular complexity index is 508. The van der Waals surface area contributed by atoms with E-state index in [1.54, 1.807) is 6.07 Å². The van der Waals surface area contributed by atoms with Crippen LogP contribution in [-0.4, -0.2) is 53.2 Å². The number of nitrogens with zero attached hydrogens (tertiary/aromatic N) is 1. The number of sulfonamides is 1. The second-order valence-electron chi connectivity index (χ2n) is 4.05. The third-order valence-corrected chi connectivity index (χ3v) is 5.13. The molecule has 0 bridgehead atoms. The Morgan fingerprint density at radius 2 is 1.75 bits per heavy atom. The van der Waals surface area contributed by atoms with Crippen LogP contribution >= 0.6 is 11.6 Å². The van der Waals surface area contributed by atoms with Crippen molar-refractivity contribution in [3.63, 3.8) is 0 Å². The van der Waals surface area contributed by atoms with Crippen LogP contribution in [0.15, 0.2) is 23.1 Å². The number of ether oxygens (including phenoxy) is 2. The molecule has 0 saturated carbocycles. The maximum atomic E-state index is 12.6. The van der Waals surface area contributed by atoms with Gasteiger partial charge >= 0.3 is 0 Å². The summed E-state index contributed by atoms with van der Waals surface area (Å²) in [5.41, 5.74) is 5.87. The number of nitrogens with two attached hydrogens (primary N) is 1. The van der Waals surface area contributed by atoms with E-state index < -0.39 is 10.0 Å². The van der Waals surface area contributed by atoms with Gasteiger partial charge in [0, 0.05) is 27.3 Å². The first-order chi connectivity index (χ1) is 9.45. The van der Waals surface area contributed by atoms with E-state index in [0.717, 1.165) is 0 Å². The first-order valence-corrected chi connectivity index (χ1v) is 7.79. The van der Waals surface area contributed by atoms with Crippen LogP contribution in [-0.2, 0) is 19.5 Å². The molecular weight excluding hydrogens is 304 g/mol. The molecule has 8 heteroatoms. The Balaban J connectivity index is 3.14. The standard InChI is InChI=1S/C12H19ClN2O4S/c1-18-8-6-15(7-9-19-2)20(16,17)12-10(13)4-3-5-11(12)14/h3-5H,6-9,14H2,1-2H3. The van der Waals surface area contributed by atoms with Gasteiger partial charge in [-0.25, -0.2) is 8.42 Å². The van der Waals surface area contributed by atoms with E-state index in [1.165, 1.54) is 30.7 Å². The molecule has 2 N–H and O–H groups in total. The van der Waals surface area contributed by atoms with Gasteiger partial charge in [-0.1, -0.05) is 17.7 Å². The predicted molar refractivity (Wildman–Crippen MR) is 78.4 cm³/mol. The van der Waals surface area contributed by atoms with Crippen LogP contribution in [0.4, 0.5) is 5.69 Å². The molecule has 0 aliphatic heterocycles. The van der Waals surface area contributed by atoms with Gasteiger partial charge in [0.1, 0.15) is 4.90 Å². The van der Waals surface area contributed by atoms with Crippen LogP contribution in [0.25, 0.3) is 0 Å². The molecule has 1 aromatic carbocycles. The van der Waals surface area contributed by atoms with Crippen molar-refractivity contribution < 1.29 is 17.9 Å². The summed E-state index contributed by atoms with van der Waals surface area (Å²) >= 11 is 5.98. The van der Waals surface area contributed by atoms with Gasteiger partial charge in [0.05, 0.1) is 23.9 Å². The highest BCUT2D eigenvalue weighted by atomic mass is 35.5. The maximum absolute atomic E-state index is 12.6. The summed E-state index contributed by atoms with van der Waals surface area (Å²) in [7, 11) is -0.781. The van der Waals surface area contributed by atoms with Crippen molar-refractivity contribution in [2.75, 3.05) is 46.3 Å². The van der Waals surface area contributed by atoms with Crippen molar-refractivity contribution in [3.05, 3.63) is 23.2 Å². The Kier molecular flexibility index (Phi) is 6.70. The van der Waals surface area contributed by atoms with E-state index in [4.69, 9.17) is 26.8 Å². The lowest BCUT2D eigenvalue weighted by atomic mass is 10.3. The summed E-state index contributed by atoms with van der Waals surface area (Å²) in [6, 6.07) is 4.60. The number of methoxy groups -OCH3 is 2. The first kappa shape index (κ1) is 17.2. The molecule has 0 radical (unpaired) electrons. The van der Waals surface area contributed by atoms with Crippen molar-refractivity contribution in [1.82, 2.24) is 4.31 Å². The van der Waals surface area contributed by atoms with E-state index >= 15 is 0 Å². The minimum absolute atomic E-state index is 0.0751. The lowest BCUT2D eigenvalue weighted by Crippen LogP contribution is -2.37.